The molecule has 100 valence electrons. The molecule has 1 aromatic heterocycles. The summed E-state index contributed by atoms with van der Waals surface area (Å²) in [6, 6.07) is 5.70. The highest BCUT2D eigenvalue weighted by Gasteiger charge is 2.29. The molecular formula is C14H14Cl2N2S. The van der Waals surface area contributed by atoms with Gasteiger partial charge in [0.05, 0.1) is 15.7 Å². The van der Waals surface area contributed by atoms with Crippen molar-refractivity contribution in [3.05, 3.63) is 38.8 Å². The summed E-state index contributed by atoms with van der Waals surface area (Å²) in [6.45, 7) is 0.880. The second-order valence-corrected chi connectivity index (χ2v) is 6.66. The molecule has 0 bridgehead atoms. The van der Waals surface area contributed by atoms with Crippen LogP contribution >= 0.6 is 34.5 Å². The molecule has 1 fully saturated rings. The topological polar surface area (TPSA) is 24.9 Å². The van der Waals surface area contributed by atoms with E-state index in [1.165, 1.54) is 23.4 Å². The highest BCUT2D eigenvalue weighted by molar-refractivity contribution is 7.15. The summed E-state index contributed by atoms with van der Waals surface area (Å²) in [5, 5.41) is 5.41. The maximum atomic E-state index is 6.08. The van der Waals surface area contributed by atoms with Crippen molar-refractivity contribution in [2.45, 2.75) is 25.3 Å². The Bertz CT molecular complexity index is 605. The van der Waals surface area contributed by atoms with Crippen molar-refractivity contribution in [1.82, 2.24) is 10.3 Å². The van der Waals surface area contributed by atoms with E-state index in [4.69, 9.17) is 28.2 Å². The second kappa shape index (κ2) is 5.41. The summed E-state index contributed by atoms with van der Waals surface area (Å²) < 4.78 is 0. The molecule has 1 saturated carbocycles. The fourth-order valence-electron chi connectivity index (χ4n) is 2.08. The third-order valence-electron chi connectivity index (χ3n) is 3.20. The van der Waals surface area contributed by atoms with Crippen LogP contribution in [-0.4, -0.2) is 12.0 Å². The van der Waals surface area contributed by atoms with Crippen molar-refractivity contribution in [3.8, 4) is 10.6 Å². The molecule has 19 heavy (non-hydrogen) atoms. The third-order valence-corrected chi connectivity index (χ3v) is 5.05. The van der Waals surface area contributed by atoms with Gasteiger partial charge in [-0.05, 0) is 32.0 Å². The van der Waals surface area contributed by atoms with Crippen molar-refractivity contribution in [3.63, 3.8) is 0 Å². The average molecular weight is 313 g/mol. The zero-order valence-electron chi connectivity index (χ0n) is 10.5. The fraction of sp³-hybridized carbons (Fsp3) is 0.357. The Morgan fingerprint density at radius 3 is 2.74 bits per heavy atom. The zero-order chi connectivity index (χ0) is 13.4. The molecule has 0 saturated heterocycles. The van der Waals surface area contributed by atoms with Crippen LogP contribution in [0.1, 0.15) is 29.3 Å². The molecule has 1 aliphatic rings. The molecule has 0 aliphatic heterocycles. The van der Waals surface area contributed by atoms with Crippen LogP contribution in [0.2, 0.25) is 10.0 Å². The van der Waals surface area contributed by atoms with Gasteiger partial charge in [0.25, 0.3) is 0 Å². The lowest BCUT2D eigenvalue weighted by Crippen LogP contribution is -2.05. The summed E-state index contributed by atoms with van der Waals surface area (Å²) >= 11 is 13.8. The fourth-order valence-corrected chi connectivity index (χ4v) is 3.53. The molecule has 0 atom stereocenters. The van der Waals surface area contributed by atoms with E-state index in [2.05, 4.69) is 5.32 Å². The lowest BCUT2D eigenvalue weighted by Gasteiger charge is -1.99. The van der Waals surface area contributed by atoms with Crippen LogP contribution in [0.4, 0.5) is 0 Å². The lowest BCUT2D eigenvalue weighted by atomic mass is 10.2. The maximum absolute atomic E-state index is 6.08. The molecule has 5 heteroatoms. The van der Waals surface area contributed by atoms with Gasteiger partial charge in [-0.15, -0.1) is 11.3 Å². The van der Waals surface area contributed by atoms with Crippen LogP contribution in [-0.2, 0) is 6.54 Å². The Kier molecular flexibility index (Phi) is 3.81. The third kappa shape index (κ3) is 2.79. The minimum Gasteiger partial charge on any atom is -0.315 e. The number of hydrogen-bond acceptors (Lipinski definition) is 3. The number of aromatic nitrogens is 1. The zero-order valence-corrected chi connectivity index (χ0v) is 12.9. The summed E-state index contributed by atoms with van der Waals surface area (Å²) in [5.41, 5.74) is 2.31. The van der Waals surface area contributed by atoms with Crippen LogP contribution in [0.25, 0.3) is 10.6 Å². The number of benzene rings is 1. The number of nitrogens with one attached hydrogen (secondary N) is 1. The summed E-state index contributed by atoms with van der Waals surface area (Å²) in [6.07, 6.45) is 2.53. The highest BCUT2D eigenvalue weighted by Crippen LogP contribution is 2.44. The number of rotatable bonds is 4. The largest absolute Gasteiger partial charge is 0.315 e. The van der Waals surface area contributed by atoms with Gasteiger partial charge in [-0.25, -0.2) is 4.98 Å². The summed E-state index contributed by atoms with van der Waals surface area (Å²) in [5.74, 6) is 0.663. The Hall–Kier alpha value is -0.610. The Balaban J connectivity index is 1.99. The van der Waals surface area contributed by atoms with Crippen LogP contribution < -0.4 is 5.32 Å². The second-order valence-electron chi connectivity index (χ2n) is 4.76. The van der Waals surface area contributed by atoms with Crippen LogP contribution in [0.15, 0.2) is 18.2 Å². The van der Waals surface area contributed by atoms with E-state index in [0.29, 0.717) is 16.0 Å². The Morgan fingerprint density at radius 1 is 1.32 bits per heavy atom. The number of hydrogen-bond donors (Lipinski definition) is 1. The van der Waals surface area contributed by atoms with Gasteiger partial charge in [0.2, 0.25) is 0 Å². The number of halogens is 2. The Morgan fingerprint density at radius 2 is 2.11 bits per heavy atom. The summed E-state index contributed by atoms with van der Waals surface area (Å²) in [7, 11) is 1.97. The van der Waals surface area contributed by atoms with Gasteiger partial charge in [-0.3, -0.25) is 0 Å². The van der Waals surface area contributed by atoms with E-state index < -0.39 is 0 Å². The van der Waals surface area contributed by atoms with Crippen LogP contribution in [0, 0.1) is 0 Å². The molecule has 1 aromatic carbocycles. The van der Waals surface area contributed by atoms with Crippen molar-refractivity contribution >= 4 is 34.5 Å². The normalized spacial score (nSPS) is 14.9. The van der Waals surface area contributed by atoms with E-state index in [0.717, 1.165) is 17.1 Å². The molecule has 2 nitrogen and oxygen atoms in total. The lowest BCUT2D eigenvalue weighted by molar-refractivity contribution is 0.813. The van der Waals surface area contributed by atoms with Crippen LogP contribution in [0.5, 0.6) is 0 Å². The highest BCUT2D eigenvalue weighted by atomic mass is 35.5. The SMILES string of the molecule is CNCc1sc(-c2ccc(Cl)c(Cl)c2)nc1C1CC1. The van der Waals surface area contributed by atoms with Crippen molar-refractivity contribution in [1.29, 1.82) is 0 Å². The number of nitrogens with zero attached hydrogens (tertiary/aromatic N) is 1. The van der Waals surface area contributed by atoms with E-state index in [1.54, 1.807) is 11.3 Å². The molecular weight excluding hydrogens is 299 g/mol. The molecule has 1 aliphatic carbocycles. The van der Waals surface area contributed by atoms with Gasteiger partial charge in [0, 0.05) is 22.9 Å². The van der Waals surface area contributed by atoms with E-state index >= 15 is 0 Å². The molecule has 0 radical (unpaired) electrons. The molecule has 1 N–H and O–H groups in total. The van der Waals surface area contributed by atoms with Gasteiger partial charge in [0.1, 0.15) is 5.01 Å². The maximum Gasteiger partial charge on any atom is 0.123 e. The van der Waals surface area contributed by atoms with E-state index in [-0.39, 0.29) is 0 Å². The van der Waals surface area contributed by atoms with Crippen molar-refractivity contribution in [2.24, 2.45) is 0 Å². The standard InChI is InChI=1S/C14H14Cl2N2S/c1-17-7-12-13(8-2-3-8)18-14(19-12)9-4-5-10(15)11(16)6-9/h4-6,8,17H,2-3,7H2,1H3. The van der Waals surface area contributed by atoms with Gasteiger partial charge in [-0.2, -0.15) is 0 Å². The minimum atomic E-state index is 0.581. The monoisotopic (exact) mass is 312 g/mol. The first-order valence-electron chi connectivity index (χ1n) is 6.28. The molecule has 2 aromatic rings. The first kappa shape index (κ1) is 13.4. The first-order chi connectivity index (χ1) is 9.19. The van der Waals surface area contributed by atoms with Gasteiger partial charge < -0.3 is 5.32 Å². The molecule has 1 heterocycles. The van der Waals surface area contributed by atoms with Gasteiger partial charge in [0.15, 0.2) is 0 Å². The first-order valence-corrected chi connectivity index (χ1v) is 7.86. The molecule has 0 spiro atoms. The van der Waals surface area contributed by atoms with Crippen molar-refractivity contribution < 1.29 is 0 Å². The quantitative estimate of drug-likeness (QED) is 0.884. The van der Waals surface area contributed by atoms with Gasteiger partial charge >= 0.3 is 0 Å². The predicted molar refractivity (Wildman–Crippen MR) is 82.3 cm³/mol. The van der Waals surface area contributed by atoms with Crippen molar-refractivity contribution in [2.75, 3.05) is 7.05 Å². The predicted octanol–water partition coefficient (Wildman–Crippen LogP) is 4.71. The van der Waals surface area contributed by atoms with E-state index in [9.17, 15) is 0 Å². The molecule has 0 unspecified atom stereocenters. The molecule has 3 rings (SSSR count). The minimum absolute atomic E-state index is 0.581. The summed E-state index contributed by atoms with van der Waals surface area (Å²) in [4.78, 5) is 6.15. The number of thiazole rings is 1. The van der Waals surface area contributed by atoms with Crippen LogP contribution in [0.3, 0.4) is 0 Å². The average Bonchev–Trinajstić information content (AvgIpc) is 3.15. The molecule has 0 amide bonds. The van der Waals surface area contributed by atoms with Gasteiger partial charge in [-0.1, -0.05) is 29.3 Å². The van der Waals surface area contributed by atoms with E-state index in [1.807, 2.05) is 25.2 Å². The smallest absolute Gasteiger partial charge is 0.123 e. The Labute approximate surface area is 126 Å².